The van der Waals surface area contributed by atoms with E-state index < -0.39 is 18.1 Å². The number of aliphatic hydroxyl groups is 1. The molecular formula is C7H15NO3. The first-order valence-corrected chi connectivity index (χ1v) is 3.52. The molecule has 4 heteroatoms. The second-order valence-corrected chi connectivity index (χ2v) is 2.78. The second kappa shape index (κ2) is 4.31. The smallest absolute Gasteiger partial charge is 0.325 e. The molecule has 11 heavy (non-hydrogen) atoms. The van der Waals surface area contributed by atoms with Crippen LogP contribution in [0.15, 0.2) is 0 Å². The predicted octanol–water partition coefficient (Wildman–Crippen LogP) is -0.496. The van der Waals surface area contributed by atoms with Crippen LogP contribution in [0.5, 0.6) is 0 Å². The molecule has 2 atom stereocenters. The molecule has 0 heterocycles. The van der Waals surface area contributed by atoms with E-state index in [2.05, 4.69) is 4.74 Å². The Bertz CT molecular complexity index is 136. The molecule has 0 rings (SSSR count). The normalized spacial score (nSPS) is 16.2. The van der Waals surface area contributed by atoms with E-state index >= 15 is 0 Å². The van der Waals surface area contributed by atoms with Crippen molar-refractivity contribution >= 4 is 5.97 Å². The monoisotopic (exact) mass is 161 g/mol. The van der Waals surface area contributed by atoms with E-state index in [1.165, 1.54) is 7.11 Å². The van der Waals surface area contributed by atoms with E-state index in [9.17, 15) is 9.90 Å². The summed E-state index contributed by atoms with van der Waals surface area (Å²) in [5.41, 5.74) is 5.35. The SMILES string of the molecule is COC(=O)[C@H](N)C(O)C(C)C. The number of carbonyl (C=O) groups is 1. The molecular weight excluding hydrogens is 146 g/mol. The van der Waals surface area contributed by atoms with Crippen LogP contribution in [-0.2, 0) is 9.53 Å². The largest absolute Gasteiger partial charge is 0.468 e. The molecule has 0 saturated heterocycles. The van der Waals surface area contributed by atoms with E-state index in [4.69, 9.17) is 5.73 Å². The van der Waals surface area contributed by atoms with E-state index in [1.54, 1.807) is 13.8 Å². The third kappa shape index (κ3) is 2.86. The van der Waals surface area contributed by atoms with Crippen molar-refractivity contribution in [1.29, 1.82) is 0 Å². The fourth-order valence-electron chi connectivity index (χ4n) is 0.690. The summed E-state index contributed by atoms with van der Waals surface area (Å²) >= 11 is 0. The molecule has 0 saturated carbocycles. The zero-order chi connectivity index (χ0) is 9.02. The topological polar surface area (TPSA) is 72.5 Å². The number of methoxy groups -OCH3 is 1. The van der Waals surface area contributed by atoms with Gasteiger partial charge in [-0.15, -0.1) is 0 Å². The van der Waals surface area contributed by atoms with Gasteiger partial charge in [-0.1, -0.05) is 13.8 Å². The number of hydrogen-bond donors (Lipinski definition) is 2. The fraction of sp³-hybridized carbons (Fsp3) is 0.857. The Morgan fingerprint density at radius 2 is 2.00 bits per heavy atom. The van der Waals surface area contributed by atoms with E-state index in [1.807, 2.05) is 0 Å². The average molecular weight is 161 g/mol. The van der Waals surface area contributed by atoms with Crippen LogP contribution in [-0.4, -0.2) is 30.3 Å². The summed E-state index contributed by atoms with van der Waals surface area (Å²) in [5.74, 6) is -0.615. The minimum absolute atomic E-state index is 0.0379. The highest BCUT2D eigenvalue weighted by atomic mass is 16.5. The maximum Gasteiger partial charge on any atom is 0.325 e. The summed E-state index contributed by atoms with van der Waals surface area (Å²) in [4.78, 5) is 10.8. The summed E-state index contributed by atoms with van der Waals surface area (Å²) < 4.78 is 4.36. The third-order valence-corrected chi connectivity index (χ3v) is 1.52. The van der Waals surface area contributed by atoms with Gasteiger partial charge in [0.2, 0.25) is 0 Å². The third-order valence-electron chi connectivity index (χ3n) is 1.52. The van der Waals surface area contributed by atoms with Crippen LogP contribution in [0.3, 0.4) is 0 Å². The van der Waals surface area contributed by atoms with Gasteiger partial charge in [0.1, 0.15) is 6.04 Å². The highest BCUT2D eigenvalue weighted by Gasteiger charge is 2.25. The first-order valence-electron chi connectivity index (χ1n) is 3.52. The van der Waals surface area contributed by atoms with E-state index in [-0.39, 0.29) is 5.92 Å². The van der Waals surface area contributed by atoms with Crippen LogP contribution in [0.4, 0.5) is 0 Å². The molecule has 0 fully saturated rings. The molecule has 1 unspecified atom stereocenters. The van der Waals surface area contributed by atoms with E-state index in [0.717, 1.165) is 0 Å². The average Bonchev–Trinajstić information content (AvgIpc) is 2.00. The minimum Gasteiger partial charge on any atom is -0.468 e. The number of carbonyl (C=O) groups excluding carboxylic acids is 1. The van der Waals surface area contributed by atoms with Gasteiger partial charge in [-0.3, -0.25) is 4.79 Å². The first kappa shape index (κ1) is 10.4. The summed E-state index contributed by atoms with van der Waals surface area (Å²) in [6.07, 6.45) is -0.831. The Morgan fingerprint density at radius 1 is 1.55 bits per heavy atom. The maximum absolute atomic E-state index is 10.8. The molecule has 0 amide bonds. The van der Waals surface area contributed by atoms with Crippen molar-refractivity contribution in [3.8, 4) is 0 Å². The van der Waals surface area contributed by atoms with Gasteiger partial charge in [0.25, 0.3) is 0 Å². The molecule has 0 aliphatic heterocycles. The van der Waals surface area contributed by atoms with Crippen molar-refractivity contribution in [2.45, 2.75) is 26.0 Å². The van der Waals surface area contributed by atoms with Crippen LogP contribution in [0.25, 0.3) is 0 Å². The van der Waals surface area contributed by atoms with Crippen LogP contribution >= 0.6 is 0 Å². The number of hydrogen-bond acceptors (Lipinski definition) is 4. The second-order valence-electron chi connectivity index (χ2n) is 2.78. The summed E-state index contributed by atoms with van der Waals surface area (Å²) in [6.45, 7) is 3.57. The molecule has 0 spiro atoms. The minimum atomic E-state index is -0.931. The number of aliphatic hydroxyl groups excluding tert-OH is 1. The van der Waals surface area contributed by atoms with Crippen LogP contribution in [0, 0.1) is 5.92 Å². The molecule has 66 valence electrons. The molecule has 0 aliphatic carbocycles. The molecule has 0 aromatic rings. The van der Waals surface area contributed by atoms with Crippen LogP contribution < -0.4 is 5.73 Å². The molecule has 0 aromatic carbocycles. The Hall–Kier alpha value is -0.610. The summed E-state index contributed by atoms with van der Waals surface area (Å²) in [6, 6.07) is -0.931. The summed E-state index contributed by atoms with van der Waals surface area (Å²) in [5, 5.41) is 9.27. The number of rotatable bonds is 3. The van der Waals surface area contributed by atoms with Crippen molar-refractivity contribution in [1.82, 2.24) is 0 Å². The lowest BCUT2D eigenvalue weighted by Crippen LogP contribution is -2.45. The van der Waals surface area contributed by atoms with Gasteiger partial charge in [-0.25, -0.2) is 0 Å². The zero-order valence-corrected chi connectivity index (χ0v) is 7.07. The lowest BCUT2D eigenvalue weighted by molar-refractivity contribution is -0.145. The zero-order valence-electron chi connectivity index (χ0n) is 7.07. The number of nitrogens with two attached hydrogens (primary N) is 1. The highest BCUT2D eigenvalue weighted by Crippen LogP contribution is 2.05. The van der Waals surface area contributed by atoms with Gasteiger partial charge in [0, 0.05) is 0 Å². The quantitative estimate of drug-likeness (QED) is 0.547. The number of ether oxygens (including phenoxy) is 1. The predicted molar refractivity (Wildman–Crippen MR) is 40.8 cm³/mol. The van der Waals surface area contributed by atoms with Crippen molar-refractivity contribution in [2.24, 2.45) is 11.7 Å². The van der Waals surface area contributed by atoms with Gasteiger partial charge < -0.3 is 15.6 Å². The molecule has 3 N–H and O–H groups in total. The van der Waals surface area contributed by atoms with Crippen molar-refractivity contribution in [3.63, 3.8) is 0 Å². The van der Waals surface area contributed by atoms with Gasteiger partial charge in [-0.2, -0.15) is 0 Å². The molecule has 0 radical (unpaired) electrons. The van der Waals surface area contributed by atoms with Gasteiger partial charge >= 0.3 is 5.97 Å². The van der Waals surface area contributed by atoms with Crippen LogP contribution in [0.2, 0.25) is 0 Å². The Labute approximate surface area is 66.3 Å². The molecule has 4 nitrogen and oxygen atoms in total. The Kier molecular flexibility index (Phi) is 4.07. The van der Waals surface area contributed by atoms with Gasteiger partial charge in [0.05, 0.1) is 13.2 Å². The van der Waals surface area contributed by atoms with Crippen molar-refractivity contribution in [2.75, 3.05) is 7.11 Å². The fourth-order valence-corrected chi connectivity index (χ4v) is 0.690. The summed E-state index contributed by atoms with van der Waals surface area (Å²) in [7, 11) is 1.25. The lowest BCUT2D eigenvalue weighted by Gasteiger charge is -2.19. The first-order chi connectivity index (χ1) is 5.00. The maximum atomic E-state index is 10.8. The van der Waals surface area contributed by atoms with Gasteiger partial charge in [-0.05, 0) is 5.92 Å². The van der Waals surface area contributed by atoms with Crippen LogP contribution in [0.1, 0.15) is 13.8 Å². The standard InChI is InChI=1S/C7H15NO3/c1-4(2)6(9)5(8)7(10)11-3/h4-6,9H,8H2,1-3H3/t5-,6?/m1/s1. The Morgan fingerprint density at radius 3 is 2.27 bits per heavy atom. The van der Waals surface area contributed by atoms with Crippen molar-refractivity contribution in [3.05, 3.63) is 0 Å². The molecule has 0 aromatic heterocycles. The number of esters is 1. The lowest BCUT2D eigenvalue weighted by atomic mass is 10.0. The van der Waals surface area contributed by atoms with Gasteiger partial charge in [0.15, 0.2) is 0 Å². The van der Waals surface area contributed by atoms with E-state index in [0.29, 0.717) is 0 Å². The van der Waals surface area contributed by atoms with Crippen molar-refractivity contribution < 1.29 is 14.6 Å². The molecule has 0 aliphatic rings. The Balaban J connectivity index is 4.01. The highest BCUT2D eigenvalue weighted by molar-refractivity contribution is 5.76. The molecule has 0 bridgehead atoms.